The van der Waals surface area contributed by atoms with Gasteiger partial charge in [-0.3, -0.25) is 14.4 Å². The van der Waals surface area contributed by atoms with E-state index in [1.807, 2.05) is 0 Å². The number of hydrogen-bond acceptors (Lipinski definition) is 5. The van der Waals surface area contributed by atoms with Crippen LogP contribution in [-0.2, 0) is 14.3 Å². The molecule has 0 aliphatic carbocycles. The molecular weight excluding hydrogens is 252 g/mol. The predicted molar refractivity (Wildman–Crippen MR) is 65.3 cm³/mol. The van der Waals surface area contributed by atoms with Gasteiger partial charge in [0, 0.05) is 19.5 Å². The summed E-state index contributed by atoms with van der Waals surface area (Å²) in [6, 6.07) is 3.14. The lowest BCUT2D eigenvalue weighted by atomic mass is 10.3. The third-order valence-electron chi connectivity index (χ3n) is 2.26. The Kier molecular flexibility index (Phi) is 6.14. The van der Waals surface area contributed by atoms with Crippen molar-refractivity contribution in [3.8, 4) is 0 Å². The summed E-state index contributed by atoms with van der Waals surface area (Å²) in [7, 11) is 1.29. The maximum Gasteiger partial charge on any atom is 0.307 e. The van der Waals surface area contributed by atoms with Crippen LogP contribution in [0, 0.1) is 0 Å². The Morgan fingerprint density at radius 2 is 1.95 bits per heavy atom. The van der Waals surface area contributed by atoms with Gasteiger partial charge in [-0.25, -0.2) is 0 Å². The third kappa shape index (κ3) is 5.71. The molecule has 1 aromatic rings. The number of hydrogen-bond donors (Lipinski definition) is 2. The molecule has 2 amide bonds. The highest BCUT2D eigenvalue weighted by molar-refractivity contribution is 5.91. The monoisotopic (exact) mass is 268 g/mol. The molecular formula is C12H16N2O5. The zero-order valence-electron chi connectivity index (χ0n) is 10.6. The Labute approximate surface area is 110 Å². The smallest absolute Gasteiger partial charge is 0.307 e. The van der Waals surface area contributed by atoms with Crippen molar-refractivity contribution in [2.75, 3.05) is 20.2 Å². The fourth-order valence-corrected chi connectivity index (χ4v) is 1.28. The molecule has 0 spiro atoms. The molecule has 0 saturated carbocycles. The van der Waals surface area contributed by atoms with Crippen molar-refractivity contribution in [2.24, 2.45) is 0 Å². The Bertz CT molecular complexity index is 427. The van der Waals surface area contributed by atoms with E-state index in [1.54, 1.807) is 6.07 Å². The van der Waals surface area contributed by atoms with E-state index in [-0.39, 0.29) is 49.5 Å². The van der Waals surface area contributed by atoms with Gasteiger partial charge < -0.3 is 19.8 Å². The van der Waals surface area contributed by atoms with Crippen LogP contribution in [0.25, 0.3) is 0 Å². The molecule has 2 N–H and O–H groups in total. The first-order valence-electron chi connectivity index (χ1n) is 5.78. The number of rotatable bonds is 7. The lowest BCUT2D eigenvalue weighted by Gasteiger charge is -2.05. The number of furan rings is 1. The molecule has 0 aliphatic rings. The third-order valence-corrected chi connectivity index (χ3v) is 2.26. The molecule has 0 unspecified atom stereocenters. The number of esters is 1. The first-order chi connectivity index (χ1) is 9.13. The van der Waals surface area contributed by atoms with Crippen LogP contribution < -0.4 is 10.6 Å². The van der Waals surface area contributed by atoms with Crippen LogP contribution in [0.1, 0.15) is 23.4 Å². The Balaban J connectivity index is 2.10. The van der Waals surface area contributed by atoms with Gasteiger partial charge in [-0.15, -0.1) is 0 Å². The zero-order chi connectivity index (χ0) is 14.1. The highest BCUT2D eigenvalue weighted by Crippen LogP contribution is 1.98. The lowest BCUT2D eigenvalue weighted by molar-refractivity contribution is -0.140. The first-order valence-corrected chi connectivity index (χ1v) is 5.78. The summed E-state index contributed by atoms with van der Waals surface area (Å²) in [6.45, 7) is 0.418. The summed E-state index contributed by atoms with van der Waals surface area (Å²) in [5.41, 5.74) is 0. The molecule has 0 aromatic carbocycles. The van der Waals surface area contributed by atoms with E-state index >= 15 is 0 Å². The maximum absolute atomic E-state index is 11.4. The van der Waals surface area contributed by atoms with E-state index in [4.69, 9.17) is 4.42 Å². The Hall–Kier alpha value is -2.31. The Morgan fingerprint density at radius 1 is 1.21 bits per heavy atom. The number of methoxy groups -OCH3 is 1. The maximum atomic E-state index is 11.4. The second-order valence-electron chi connectivity index (χ2n) is 3.66. The van der Waals surface area contributed by atoms with Crippen LogP contribution in [0.3, 0.4) is 0 Å². The van der Waals surface area contributed by atoms with Gasteiger partial charge in [-0.05, 0) is 12.1 Å². The molecule has 7 nitrogen and oxygen atoms in total. The van der Waals surface area contributed by atoms with Crippen LogP contribution >= 0.6 is 0 Å². The highest BCUT2D eigenvalue weighted by atomic mass is 16.5. The highest BCUT2D eigenvalue weighted by Gasteiger charge is 2.08. The minimum Gasteiger partial charge on any atom is -0.469 e. The van der Waals surface area contributed by atoms with Crippen molar-refractivity contribution in [3.05, 3.63) is 24.2 Å². The van der Waals surface area contributed by atoms with Crippen LogP contribution in [0.5, 0.6) is 0 Å². The molecule has 104 valence electrons. The van der Waals surface area contributed by atoms with Crippen LogP contribution in [0.4, 0.5) is 0 Å². The quantitative estimate of drug-likeness (QED) is 0.682. The minimum atomic E-state index is -0.383. The van der Waals surface area contributed by atoms with Crippen molar-refractivity contribution >= 4 is 17.8 Å². The van der Waals surface area contributed by atoms with E-state index in [1.165, 1.54) is 19.4 Å². The van der Waals surface area contributed by atoms with E-state index in [0.717, 1.165) is 0 Å². The fraction of sp³-hybridized carbons (Fsp3) is 0.417. The summed E-state index contributed by atoms with van der Waals surface area (Å²) < 4.78 is 9.32. The minimum absolute atomic E-state index is 0.126. The number of nitrogens with one attached hydrogen (secondary N) is 2. The van der Waals surface area contributed by atoms with E-state index in [2.05, 4.69) is 15.4 Å². The van der Waals surface area contributed by atoms with Gasteiger partial charge in [0.25, 0.3) is 5.91 Å². The molecule has 7 heteroatoms. The molecule has 0 fully saturated rings. The summed E-state index contributed by atoms with van der Waals surface area (Å²) in [5, 5.41) is 5.08. The molecule has 1 heterocycles. The molecule has 0 atom stereocenters. The predicted octanol–water partition coefficient (Wildman–Crippen LogP) is 0.0788. The summed E-state index contributed by atoms with van der Waals surface area (Å²) in [4.78, 5) is 33.6. The van der Waals surface area contributed by atoms with E-state index < -0.39 is 0 Å². The molecule has 1 rings (SSSR count). The van der Waals surface area contributed by atoms with Crippen LogP contribution in [0.15, 0.2) is 22.8 Å². The normalized spacial score (nSPS) is 9.74. The number of amides is 2. The molecule has 0 aliphatic heterocycles. The van der Waals surface area contributed by atoms with Crippen molar-refractivity contribution in [1.82, 2.24) is 10.6 Å². The van der Waals surface area contributed by atoms with E-state index in [9.17, 15) is 14.4 Å². The van der Waals surface area contributed by atoms with Gasteiger partial charge in [0.1, 0.15) is 0 Å². The summed E-state index contributed by atoms with van der Waals surface area (Å²) in [5.74, 6) is -0.798. The largest absolute Gasteiger partial charge is 0.469 e. The van der Waals surface area contributed by atoms with Crippen LogP contribution in [0.2, 0.25) is 0 Å². The number of ether oxygens (including phenoxy) is 1. The standard InChI is InChI=1S/C12H16N2O5/c1-18-11(16)5-7-13-10(15)4-6-14-12(17)9-3-2-8-19-9/h2-3,8H,4-7H2,1H3,(H,13,15)(H,14,17). The molecule has 1 aromatic heterocycles. The molecule has 0 radical (unpaired) electrons. The van der Waals surface area contributed by atoms with Gasteiger partial charge in [0.2, 0.25) is 5.91 Å². The zero-order valence-corrected chi connectivity index (χ0v) is 10.6. The SMILES string of the molecule is COC(=O)CCNC(=O)CCNC(=O)c1ccco1. The van der Waals surface area contributed by atoms with Gasteiger partial charge in [0.15, 0.2) is 5.76 Å². The summed E-state index contributed by atoms with van der Waals surface area (Å²) >= 11 is 0. The van der Waals surface area contributed by atoms with E-state index in [0.29, 0.717) is 0 Å². The van der Waals surface area contributed by atoms with Crippen molar-refractivity contribution < 1.29 is 23.5 Å². The average Bonchev–Trinajstić information content (AvgIpc) is 2.92. The topological polar surface area (TPSA) is 97.6 Å². The lowest BCUT2D eigenvalue weighted by Crippen LogP contribution is -2.31. The van der Waals surface area contributed by atoms with Crippen molar-refractivity contribution in [3.63, 3.8) is 0 Å². The average molecular weight is 268 g/mol. The number of carbonyl (C=O) groups excluding carboxylic acids is 3. The second kappa shape index (κ2) is 7.91. The van der Waals surface area contributed by atoms with Gasteiger partial charge >= 0.3 is 5.97 Å². The summed E-state index contributed by atoms with van der Waals surface area (Å²) in [6.07, 6.45) is 1.66. The first kappa shape index (κ1) is 14.7. The molecule has 0 bridgehead atoms. The van der Waals surface area contributed by atoms with Crippen molar-refractivity contribution in [2.45, 2.75) is 12.8 Å². The molecule has 0 saturated heterocycles. The number of carbonyl (C=O) groups is 3. The second-order valence-corrected chi connectivity index (χ2v) is 3.66. The van der Waals surface area contributed by atoms with Gasteiger partial charge in [-0.2, -0.15) is 0 Å². The fourth-order valence-electron chi connectivity index (χ4n) is 1.28. The van der Waals surface area contributed by atoms with Crippen LogP contribution in [-0.4, -0.2) is 38.0 Å². The Morgan fingerprint density at radius 3 is 2.58 bits per heavy atom. The van der Waals surface area contributed by atoms with Crippen molar-refractivity contribution in [1.29, 1.82) is 0 Å². The molecule has 19 heavy (non-hydrogen) atoms. The van der Waals surface area contributed by atoms with Gasteiger partial charge in [0.05, 0.1) is 19.8 Å². The van der Waals surface area contributed by atoms with Gasteiger partial charge in [-0.1, -0.05) is 0 Å².